The molecule has 6 nitrogen and oxygen atoms in total. The molecule has 2 aliphatic carbocycles. The number of ether oxygens (including phenoxy) is 2. The van der Waals surface area contributed by atoms with Crippen molar-refractivity contribution >= 4 is 55.7 Å². The van der Waals surface area contributed by atoms with Gasteiger partial charge in [0, 0.05) is 8.95 Å². The number of benzene rings is 4. The number of esters is 4. The minimum atomic E-state index is -0.926. The Morgan fingerprint density at radius 1 is 0.432 bits per heavy atom. The minimum absolute atomic E-state index is 0.174. The van der Waals surface area contributed by atoms with E-state index in [0.29, 0.717) is 11.1 Å². The summed E-state index contributed by atoms with van der Waals surface area (Å²) in [4.78, 5) is 50.3. The lowest BCUT2D eigenvalue weighted by atomic mass is 9.70. The summed E-state index contributed by atoms with van der Waals surface area (Å²) < 4.78 is 11.6. The number of halogens is 2. The number of carbonyl (C=O) groups excluding carboxylic acids is 4. The Bertz CT molecular complexity index is 1750. The lowest BCUT2D eigenvalue weighted by Crippen LogP contribution is -2.26. The van der Waals surface area contributed by atoms with Crippen LogP contribution in [-0.2, 0) is 14.9 Å². The predicted molar refractivity (Wildman–Crippen MR) is 138 cm³/mol. The van der Waals surface area contributed by atoms with Crippen molar-refractivity contribution in [2.75, 3.05) is 0 Å². The van der Waals surface area contributed by atoms with Crippen molar-refractivity contribution in [3.8, 4) is 22.3 Å². The summed E-state index contributed by atoms with van der Waals surface area (Å²) in [6, 6.07) is 18.9. The largest absolute Gasteiger partial charge is 0.386 e. The van der Waals surface area contributed by atoms with Gasteiger partial charge in [0.2, 0.25) is 0 Å². The van der Waals surface area contributed by atoms with Gasteiger partial charge in [-0.1, -0.05) is 44.0 Å². The number of cyclic esters (lactones) is 4. The van der Waals surface area contributed by atoms with Crippen LogP contribution in [0.3, 0.4) is 0 Å². The summed E-state index contributed by atoms with van der Waals surface area (Å²) in [7, 11) is 0. The Balaban J connectivity index is 1.60. The van der Waals surface area contributed by atoms with Gasteiger partial charge in [0.1, 0.15) is 0 Å². The first-order valence-electron chi connectivity index (χ1n) is 11.3. The van der Waals surface area contributed by atoms with Crippen LogP contribution in [0, 0.1) is 0 Å². The van der Waals surface area contributed by atoms with Crippen LogP contribution in [0.4, 0.5) is 0 Å². The highest BCUT2D eigenvalue weighted by Gasteiger charge is 2.54. The molecule has 0 amide bonds. The Morgan fingerprint density at radius 2 is 0.784 bits per heavy atom. The molecule has 2 aliphatic heterocycles. The van der Waals surface area contributed by atoms with Crippen LogP contribution in [0.25, 0.3) is 22.3 Å². The van der Waals surface area contributed by atoms with E-state index in [1.165, 1.54) is 0 Å². The fourth-order valence-electron chi connectivity index (χ4n) is 6.32. The van der Waals surface area contributed by atoms with Crippen molar-refractivity contribution in [2.24, 2.45) is 0 Å². The van der Waals surface area contributed by atoms with Crippen LogP contribution >= 0.6 is 31.9 Å². The van der Waals surface area contributed by atoms with Crippen molar-refractivity contribution in [1.29, 1.82) is 0 Å². The van der Waals surface area contributed by atoms with Crippen LogP contribution in [0.15, 0.2) is 69.6 Å². The molecule has 37 heavy (non-hydrogen) atoms. The minimum Gasteiger partial charge on any atom is -0.386 e. The fourth-order valence-corrected chi connectivity index (χ4v) is 7.05. The van der Waals surface area contributed by atoms with Gasteiger partial charge < -0.3 is 9.47 Å². The molecule has 0 fully saturated rings. The van der Waals surface area contributed by atoms with Crippen molar-refractivity contribution in [1.82, 2.24) is 0 Å². The van der Waals surface area contributed by atoms with Gasteiger partial charge in [-0.05, 0) is 93.0 Å². The molecular weight excluding hydrogens is 604 g/mol. The molecule has 1 spiro atoms. The second kappa shape index (κ2) is 6.70. The standard InChI is InChI=1S/C29H10Br2O6/c30-11-1-3-13-14-4-2-12(31)6-22(14)29(21(13)5-11)23-9-19-17(25(32)36-27(19)34)7-15(23)16-8-18-20(10-24(16)29)28(35)37-26(18)33/h1-10H. The number of fused-ring (bicyclic) bond motifs is 12. The molecule has 8 heteroatoms. The molecule has 0 aromatic heterocycles. The summed E-state index contributed by atoms with van der Waals surface area (Å²) in [6.07, 6.45) is 0. The first kappa shape index (κ1) is 21.2. The van der Waals surface area contributed by atoms with E-state index in [4.69, 9.17) is 9.47 Å². The van der Waals surface area contributed by atoms with Crippen LogP contribution in [-0.4, -0.2) is 23.9 Å². The molecule has 0 bridgehead atoms. The predicted octanol–water partition coefficient (Wildman–Crippen LogP) is 6.18. The molecule has 4 aliphatic rings. The van der Waals surface area contributed by atoms with Crippen LogP contribution in [0.1, 0.15) is 63.7 Å². The van der Waals surface area contributed by atoms with Gasteiger partial charge in [-0.25, -0.2) is 19.2 Å². The molecule has 2 heterocycles. The van der Waals surface area contributed by atoms with E-state index in [9.17, 15) is 19.2 Å². The summed E-state index contributed by atoms with van der Waals surface area (Å²) in [6.45, 7) is 0. The maximum Gasteiger partial charge on any atom is 0.346 e. The SMILES string of the molecule is O=C1OC(=O)c2cc3c(cc21)-c1cc2c(cc1C31c3cc(Br)ccc3-c3ccc(Br)cc31)C(=O)OC2=O. The van der Waals surface area contributed by atoms with Crippen LogP contribution in [0.5, 0.6) is 0 Å². The normalized spacial score (nSPS) is 16.7. The Hall–Kier alpha value is -3.88. The quantitative estimate of drug-likeness (QED) is 0.150. The summed E-state index contributed by atoms with van der Waals surface area (Å²) >= 11 is 7.24. The maximum absolute atomic E-state index is 12.6. The van der Waals surface area contributed by atoms with Gasteiger partial charge in [0.25, 0.3) is 0 Å². The Kier molecular flexibility index (Phi) is 3.85. The molecule has 0 unspecified atom stereocenters. The topological polar surface area (TPSA) is 86.7 Å². The van der Waals surface area contributed by atoms with E-state index >= 15 is 0 Å². The van der Waals surface area contributed by atoms with Crippen molar-refractivity contribution in [3.63, 3.8) is 0 Å². The first-order valence-corrected chi connectivity index (χ1v) is 12.9. The summed E-state index contributed by atoms with van der Waals surface area (Å²) in [5.41, 5.74) is 6.63. The van der Waals surface area contributed by atoms with Crippen molar-refractivity contribution in [2.45, 2.75) is 5.41 Å². The van der Waals surface area contributed by atoms with E-state index in [1.54, 1.807) is 24.3 Å². The Labute approximate surface area is 225 Å². The maximum atomic E-state index is 12.6. The van der Waals surface area contributed by atoms with Crippen molar-refractivity contribution < 1.29 is 28.7 Å². The smallest absolute Gasteiger partial charge is 0.346 e. The van der Waals surface area contributed by atoms with Gasteiger partial charge in [-0.2, -0.15) is 0 Å². The van der Waals surface area contributed by atoms with E-state index in [-0.39, 0.29) is 22.3 Å². The molecule has 4 aromatic carbocycles. The highest BCUT2D eigenvalue weighted by molar-refractivity contribution is 9.10. The summed E-state index contributed by atoms with van der Waals surface area (Å²) in [5.74, 6) is -2.81. The molecule has 0 radical (unpaired) electrons. The fraction of sp³-hybridized carbons (Fsp3) is 0.0345. The lowest BCUT2D eigenvalue weighted by Gasteiger charge is -2.31. The van der Waals surface area contributed by atoms with Gasteiger partial charge in [0.15, 0.2) is 0 Å². The van der Waals surface area contributed by atoms with Gasteiger partial charge in [-0.15, -0.1) is 0 Å². The molecule has 4 aromatic rings. The average molecular weight is 614 g/mol. The molecule has 8 rings (SSSR count). The molecule has 0 saturated heterocycles. The highest BCUT2D eigenvalue weighted by Crippen LogP contribution is 2.64. The van der Waals surface area contributed by atoms with E-state index in [0.717, 1.165) is 42.3 Å². The second-order valence-corrected chi connectivity index (χ2v) is 11.2. The highest BCUT2D eigenvalue weighted by atomic mass is 79.9. The molecule has 0 saturated carbocycles. The van der Waals surface area contributed by atoms with Crippen molar-refractivity contribution in [3.05, 3.63) is 114 Å². The average Bonchev–Trinajstić information content (AvgIpc) is 3.51. The van der Waals surface area contributed by atoms with Gasteiger partial charge >= 0.3 is 23.9 Å². The monoisotopic (exact) mass is 612 g/mol. The van der Waals surface area contributed by atoms with Crippen LogP contribution in [0.2, 0.25) is 0 Å². The number of hydrogen-bond donors (Lipinski definition) is 0. The van der Waals surface area contributed by atoms with E-state index in [2.05, 4.69) is 31.9 Å². The molecule has 0 N–H and O–H groups in total. The summed E-state index contributed by atoms with van der Waals surface area (Å²) in [5, 5.41) is 0. The zero-order valence-corrected chi connectivity index (χ0v) is 21.7. The third-order valence-electron chi connectivity index (χ3n) is 7.73. The zero-order chi connectivity index (χ0) is 25.4. The van der Waals surface area contributed by atoms with Gasteiger partial charge in [-0.3, -0.25) is 0 Å². The van der Waals surface area contributed by atoms with E-state index in [1.807, 2.05) is 36.4 Å². The molecule has 176 valence electrons. The lowest BCUT2D eigenvalue weighted by molar-refractivity contribution is 0.0425. The number of hydrogen-bond acceptors (Lipinski definition) is 6. The first-order chi connectivity index (χ1) is 17.8. The van der Waals surface area contributed by atoms with E-state index < -0.39 is 29.3 Å². The van der Waals surface area contributed by atoms with Crippen LogP contribution < -0.4 is 0 Å². The molecular formula is C29H10Br2O6. The zero-order valence-electron chi connectivity index (χ0n) is 18.5. The number of carbonyl (C=O) groups is 4. The number of rotatable bonds is 0. The third kappa shape index (κ3) is 2.40. The van der Waals surface area contributed by atoms with Gasteiger partial charge in [0.05, 0.1) is 27.7 Å². The Morgan fingerprint density at radius 3 is 1.19 bits per heavy atom. The molecule has 0 atom stereocenters. The second-order valence-electron chi connectivity index (χ2n) is 9.37. The third-order valence-corrected chi connectivity index (χ3v) is 8.71.